The van der Waals surface area contributed by atoms with Crippen LogP contribution in [0.5, 0.6) is 0 Å². The summed E-state index contributed by atoms with van der Waals surface area (Å²) in [5.74, 6) is -0.347. The van der Waals surface area contributed by atoms with Crippen LogP contribution in [0.3, 0.4) is 0 Å². The Bertz CT molecular complexity index is 558. The van der Waals surface area contributed by atoms with Gasteiger partial charge in [0.15, 0.2) is 0 Å². The first-order chi connectivity index (χ1) is 8.16. The summed E-state index contributed by atoms with van der Waals surface area (Å²) in [7, 11) is 0. The van der Waals surface area contributed by atoms with Crippen LogP contribution in [-0.4, -0.2) is 10.9 Å². The second kappa shape index (κ2) is 5.17. The smallest absolute Gasteiger partial charge is 0.274 e. The van der Waals surface area contributed by atoms with Crippen molar-refractivity contribution in [2.45, 2.75) is 0 Å². The third-order valence-electron chi connectivity index (χ3n) is 2.08. The van der Waals surface area contributed by atoms with Gasteiger partial charge in [-0.3, -0.25) is 9.78 Å². The number of carbonyl (C=O) groups excluding carboxylic acids is 1. The van der Waals surface area contributed by atoms with E-state index in [1.165, 1.54) is 12.3 Å². The fourth-order valence-corrected chi connectivity index (χ4v) is 1.62. The molecule has 0 radical (unpaired) electrons. The van der Waals surface area contributed by atoms with Crippen molar-refractivity contribution in [3.05, 3.63) is 58.3 Å². The van der Waals surface area contributed by atoms with Crippen LogP contribution in [0.4, 0.5) is 5.69 Å². The van der Waals surface area contributed by atoms with Crippen LogP contribution in [0.25, 0.3) is 0 Å². The first-order valence-corrected chi connectivity index (χ1v) is 5.60. The van der Waals surface area contributed by atoms with Crippen LogP contribution in [0, 0.1) is 0 Å². The van der Waals surface area contributed by atoms with Gasteiger partial charge >= 0.3 is 0 Å². The van der Waals surface area contributed by atoms with E-state index in [0.29, 0.717) is 15.7 Å². The van der Waals surface area contributed by atoms with Crippen molar-refractivity contribution in [1.82, 2.24) is 4.98 Å². The fourth-order valence-electron chi connectivity index (χ4n) is 1.28. The lowest BCUT2D eigenvalue weighted by molar-refractivity contribution is 0.102. The topological polar surface area (TPSA) is 42.0 Å². The summed E-state index contributed by atoms with van der Waals surface area (Å²) in [5.41, 5.74) is 0.790. The van der Waals surface area contributed by atoms with E-state index >= 15 is 0 Å². The molecule has 86 valence electrons. The van der Waals surface area contributed by atoms with Gasteiger partial charge in [-0.2, -0.15) is 0 Å². The molecule has 0 fully saturated rings. The van der Waals surface area contributed by atoms with E-state index in [9.17, 15) is 4.79 Å². The maximum Gasteiger partial charge on any atom is 0.274 e. The van der Waals surface area contributed by atoms with Crippen LogP contribution in [0.1, 0.15) is 10.5 Å². The SMILES string of the molecule is O=C(Nc1ccccc1Cl)c1cc(Cl)ccn1. The fraction of sp³-hybridized carbons (Fsp3) is 0. The Kier molecular flexibility index (Phi) is 3.61. The summed E-state index contributed by atoms with van der Waals surface area (Å²) in [5, 5.41) is 3.60. The van der Waals surface area contributed by atoms with Gasteiger partial charge in [0, 0.05) is 11.2 Å². The molecule has 0 atom stereocenters. The van der Waals surface area contributed by atoms with Gasteiger partial charge in [-0.25, -0.2) is 0 Å². The highest BCUT2D eigenvalue weighted by Gasteiger charge is 2.09. The van der Waals surface area contributed by atoms with E-state index in [-0.39, 0.29) is 11.6 Å². The van der Waals surface area contributed by atoms with Crippen molar-refractivity contribution >= 4 is 34.8 Å². The number of amides is 1. The third kappa shape index (κ3) is 2.96. The van der Waals surface area contributed by atoms with Crippen molar-refractivity contribution in [3.63, 3.8) is 0 Å². The van der Waals surface area contributed by atoms with Gasteiger partial charge < -0.3 is 5.32 Å². The maximum absolute atomic E-state index is 11.8. The lowest BCUT2D eigenvalue weighted by Gasteiger charge is -2.06. The molecule has 5 heteroatoms. The number of pyridine rings is 1. The molecule has 3 nitrogen and oxygen atoms in total. The highest BCUT2D eigenvalue weighted by molar-refractivity contribution is 6.34. The van der Waals surface area contributed by atoms with Gasteiger partial charge in [0.25, 0.3) is 5.91 Å². The molecule has 0 aliphatic carbocycles. The summed E-state index contributed by atoms with van der Waals surface area (Å²) >= 11 is 11.7. The number of halogens is 2. The second-order valence-electron chi connectivity index (χ2n) is 3.29. The summed E-state index contributed by atoms with van der Waals surface area (Å²) in [6.45, 7) is 0. The first-order valence-electron chi connectivity index (χ1n) is 4.84. The number of nitrogens with one attached hydrogen (secondary N) is 1. The van der Waals surface area contributed by atoms with E-state index in [1.807, 2.05) is 0 Å². The molecule has 0 aliphatic rings. The van der Waals surface area contributed by atoms with Gasteiger partial charge in [-0.15, -0.1) is 0 Å². The third-order valence-corrected chi connectivity index (χ3v) is 2.64. The van der Waals surface area contributed by atoms with Crippen molar-refractivity contribution in [2.75, 3.05) is 5.32 Å². The number of aromatic nitrogens is 1. The van der Waals surface area contributed by atoms with Gasteiger partial charge in [-0.05, 0) is 24.3 Å². The molecule has 2 aromatic rings. The van der Waals surface area contributed by atoms with Gasteiger partial charge in [0.1, 0.15) is 5.69 Å². The molecule has 0 aliphatic heterocycles. The van der Waals surface area contributed by atoms with E-state index in [1.54, 1.807) is 30.3 Å². The number of hydrogen-bond donors (Lipinski definition) is 1. The highest BCUT2D eigenvalue weighted by Crippen LogP contribution is 2.21. The largest absolute Gasteiger partial charge is 0.319 e. The molecule has 0 saturated carbocycles. The molecule has 1 N–H and O–H groups in total. The summed E-state index contributed by atoms with van der Waals surface area (Å²) in [4.78, 5) is 15.8. The molecule has 1 amide bonds. The standard InChI is InChI=1S/C12H8Cl2N2O/c13-8-5-6-15-11(7-8)12(17)16-10-4-2-1-3-9(10)14/h1-7H,(H,16,17). The average molecular weight is 267 g/mol. The lowest BCUT2D eigenvalue weighted by atomic mass is 10.3. The Morgan fingerprint density at radius 3 is 2.65 bits per heavy atom. The number of carbonyl (C=O) groups is 1. The van der Waals surface area contributed by atoms with Gasteiger partial charge in [0.2, 0.25) is 0 Å². The lowest BCUT2D eigenvalue weighted by Crippen LogP contribution is -2.13. The minimum Gasteiger partial charge on any atom is -0.319 e. The summed E-state index contributed by atoms with van der Waals surface area (Å²) in [6.07, 6.45) is 1.48. The average Bonchev–Trinajstić information content (AvgIpc) is 2.32. The van der Waals surface area contributed by atoms with Gasteiger partial charge in [-0.1, -0.05) is 35.3 Å². The summed E-state index contributed by atoms with van der Waals surface area (Å²) < 4.78 is 0. The van der Waals surface area contributed by atoms with Crippen LogP contribution in [-0.2, 0) is 0 Å². The minimum atomic E-state index is -0.347. The Hall–Kier alpha value is -1.58. The zero-order valence-corrected chi connectivity index (χ0v) is 10.2. The van der Waals surface area contributed by atoms with Crippen LogP contribution >= 0.6 is 23.2 Å². The molecule has 0 spiro atoms. The molecule has 0 saturated heterocycles. The van der Waals surface area contributed by atoms with E-state index < -0.39 is 0 Å². The Morgan fingerprint density at radius 2 is 1.94 bits per heavy atom. The predicted octanol–water partition coefficient (Wildman–Crippen LogP) is 3.64. The highest BCUT2D eigenvalue weighted by atomic mass is 35.5. The Labute approximate surface area is 108 Å². The Morgan fingerprint density at radius 1 is 1.18 bits per heavy atom. The number of nitrogens with zero attached hydrogens (tertiary/aromatic N) is 1. The van der Waals surface area contributed by atoms with Crippen molar-refractivity contribution in [1.29, 1.82) is 0 Å². The predicted molar refractivity (Wildman–Crippen MR) is 68.7 cm³/mol. The minimum absolute atomic E-state index is 0.248. The molecule has 0 unspecified atom stereocenters. The molecular weight excluding hydrogens is 259 g/mol. The van der Waals surface area contributed by atoms with Crippen molar-refractivity contribution < 1.29 is 4.79 Å². The van der Waals surface area contributed by atoms with Gasteiger partial charge in [0.05, 0.1) is 10.7 Å². The molecule has 0 bridgehead atoms. The van der Waals surface area contributed by atoms with Crippen LogP contribution < -0.4 is 5.32 Å². The quantitative estimate of drug-likeness (QED) is 0.902. The van der Waals surface area contributed by atoms with Crippen LogP contribution in [0.15, 0.2) is 42.6 Å². The zero-order chi connectivity index (χ0) is 12.3. The van der Waals surface area contributed by atoms with Crippen molar-refractivity contribution in [3.8, 4) is 0 Å². The molecule has 1 heterocycles. The summed E-state index contributed by atoms with van der Waals surface area (Å²) in [6, 6.07) is 10.1. The number of benzene rings is 1. The molecule has 2 rings (SSSR count). The first kappa shape index (κ1) is 11.9. The molecular formula is C12H8Cl2N2O. The molecule has 1 aromatic heterocycles. The molecule has 17 heavy (non-hydrogen) atoms. The van der Waals surface area contributed by atoms with Crippen LogP contribution in [0.2, 0.25) is 10.0 Å². The number of anilines is 1. The normalized spacial score (nSPS) is 10.0. The number of para-hydroxylation sites is 1. The number of hydrogen-bond acceptors (Lipinski definition) is 2. The maximum atomic E-state index is 11.8. The van der Waals surface area contributed by atoms with E-state index in [2.05, 4.69) is 10.3 Å². The molecule has 1 aromatic carbocycles. The monoisotopic (exact) mass is 266 g/mol. The van der Waals surface area contributed by atoms with E-state index in [0.717, 1.165) is 0 Å². The second-order valence-corrected chi connectivity index (χ2v) is 4.14. The Balaban J connectivity index is 2.20. The number of rotatable bonds is 2. The van der Waals surface area contributed by atoms with Crippen molar-refractivity contribution in [2.24, 2.45) is 0 Å². The van der Waals surface area contributed by atoms with E-state index in [4.69, 9.17) is 23.2 Å². The zero-order valence-electron chi connectivity index (χ0n) is 8.65.